The van der Waals surface area contributed by atoms with Crippen LogP contribution in [0.4, 0.5) is 5.13 Å². The summed E-state index contributed by atoms with van der Waals surface area (Å²) in [5.41, 5.74) is 0.351. The number of carbonyl (C=O) groups excluding carboxylic acids is 1. The van der Waals surface area contributed by atoms with E-state index in [1.807, 2.05) is 30.3 Å². The first kappa shape index (κ1) is 20.4. The summed E-state index contributed by atoms with van der Waals surface area (Å²) in [5.74, 6) is 1.66. The third-order valence-corrected chi connectivity index (χ3v) is 4.84. The number of carbonyl (C=O) groups is 1. The predicted molar refractivity (Wildman–Crippen MR) is 110 cm³/mol. The summed E-state index contributed by atoms with van der Waals surface area (Å²) in [6.07, 6.45) is 0.590. The minimum atomic E-state index is -0.354. The number of para-hydroxylation sites is 1. The highest BCUT2D eigenvalue weighted by atomic mass is 32.1. The molecule has 29 heavy (non-hydrogen) atoms. The summed E-state index contributed by atoms with van der Waals surface area (Å²) >= 11 is 1.30. The Morgan fingerprint density at radius 3 is 2.31 bits per heavy atom. The van der Waals surface area contributed by atoms with Crippen LogP contribution in [0.3, 0.4) is 0 Å². The standard InChI is InChI=1S/C20H21N3O5S/c1-25-15-11-13(12-16(26-2)18(15)27-3)19(24)21-20-23-22-17(29-20)9-10-28-14-7-5-4-6-8-14/h4-8,11-12H,9-10H2,1-3H3,(H,21,23,24). The lowest BCUT2D eigenvalue weighted by Gasteiger charge is -2.13. The zero-order valence-electron chi connectivity index (χ0n) is 16.3. The number of benzene rings is 2. The lowest BCUT2D eigenvalue weighted by atomic mass is 10.1. The first-order valence-electron chi connectivity index (χ1n) is 8.76. The molecule has 0 radical (unpaired) electrons. The molecule has 8 nitrogen and oxygen atoms in total. The second kappa shape index (κ2) is 9.74. The summed E-state index contributed by atoms with van der Waals surface area (Å²) in [5, 5.41) is 12.0. The molecular weight excluding hydrogens is 394 g/mol. The van der Waals surface area contributed by atoms with Gasteiger partial charge in [-0.2, -0.15) is 0 Å². The van der Waals surface area contributed by atoms with Crippen LogP contribution in [-0.2, 0) is 6.42 Å². The van der Waals surface area contributed by atoms with Crippen LogP contribution < -0.4 is 24.3 Å². The predicted octanol–water partition coefficient (Wildman–Crippen LogP) is 3.44. The topological polar surface area (TPSA) is 91.8 Å². The zero-order chi connectivity index (χ0) is 20.6. The summed E-state index contributed by atoms with van der Waals surface area (Å²) < 4.78 is 21.5. The fourth-order valence-corrected chi connectivity index (χ4v) is 3.28. The number of aromatic nitrogens is 2. The minimum absolute atomic E-state index is 0.351. The molecule has 3 rings (SSSR count). The Bertz CT molecular complexity index is 937. The quantitative estimate of drug-likeness (QED) is 0.572. The molecule has 0 fully saturated rings. The van der Waals surface area contributed by atoms with E-state index in [4.69, 9.17) is 18.9 Å². The van der Waals surface area contributed by atoms with Gasteiger partial charge in [-0.1, -0.05) is 29.5 Å². The molecule has 0 bridgehead atoms. The molecule has 0 spiro atoms. The van der Waals surface area contributed by atoms with Crippen molar-refractivity contribution in [3.8, 4) is 23.0 Å². The third kappa shape index (κ3) is 5.14. The van der Waals surface area contributed by atoms with Gasteiger partial charge in [0.1, 0.15) is 10.8 Å². The van der Waals surface area contributed by atoms with E-state index in [1.165, 1.54) is 32.7 Å². The maximum absolute atomic E-state index is 12.6. The van der Waals surface area contributed by atoms with Gasteiger partial charge >= 0.3 is 0 Å². The van der Waals surface area contributed by atoms with Crippen LogP contribution in [0.2, 0.25) is 0 Å². The Hall–Kier alpha value is -3.33. The number of rotatable bonds is 9. The van der Waals surface area contributed by atoms with Crippen LogP contribution in [-0.4, -0.2) is 44.0 Å². The van der Waals surface area contributed by atoms with Crippen molar-refractivity contribution in [3.05, 3.63) is 53.0 Å². The summed E-state index contributed by atoms with van der Waals surface area (Å²) in [6, 6.07) is 12.7. The molecule has 2 aromatic carbocycles. The molecule has 0 unspecified atom stereocenters. The van der Waals surface area contributed by atoms with Crippen LogP contribution in [0.25, 0.3) is 0 Å². The zero-order valence-corrected chi connectivity index (χ0v) is 17.1. The van der Waals surface area contributed by atoms with Gasteiger partial charge in [0, 0.05) is 12.0 Å². The van der Waals surface area contributed by atoms with Gasteiger partial charge in [0.25, 0.3) is 5.91 Å². The van der Waals surface area contributed by atoms with Crippen LogP contribution in [0, 0.1) is 0 Å². The molecule has 1 N–H and O–H groups in total. The van der Waals surface area contributed by atoms with Gasteiger partial charge in [-0.3, -0.25) is 10.1 Å². The third-order valence-electron chi connectivity index (χ3n) is 3.94. The highest BCUT2D eigenvalue weighted by molar-refractivity contribution is 7.15. The van der Waals surface area contributed by atoms with Crippen molar-refractivity contribution in [2.24, 2.45) is 0 Å². The molecule has 0 saturated heterocycles. The number of hydrogen-bond acceptors (Lipinski definition) is 8. The van der Waals surface area contributed by atoms with Gasteiger partial charge in [-0.15, -0.1) is 10.2 Å². The van der Waals surface area contributed by atoms with E-state index < -0.39 is 0 Å². The Labute approximate surface area is 172 Å². The van der Waals surface area contributed by atoms with E-state index in [9.17, 15) is 4.79 Å². The average molecular weight is 415 g/mol. The maximum Gasteiger partial charge on any atom is 0.257 e. The molecule has 0 aliphatic heterocycles. The van der Waals surface area contributed by atoms with Crippen molar-refractivity contribution in [1.82, 2.24) is 10.2 Å². The van der Waals surface area contributed by atoms with Crippen molar-refractivity contribution in [1.29, 1.82) is 0 Å². The SMILES string of the molecule is COc1cc(C(=O)Nc2nnc(CCOc3ccccc3)s2)cc(OC)c1OC. The van der Waals surface area contributed by atoms with Crippen LogP contribution in [0.15, 0.2) is 42.5 Å². The normalized spacial score (nSPS) is 10.3. The molecule has 0 saturated carbocycles. The number of nitrogens with one attached hydrogen (secondary N) is 1. The molecule has 0 atom stereocenters. The van der Waals surface area contributed by atoms with E-state index in [2.05, 4.69) is 15.5 Å². The largest absolute Gasteiger partial charge is 0.493 e. The van der Waals surface area contributed by atoms with Crippen LogP contribution >= 0.6 is 11.3 Å². The average Bonchev–Trinajstić information content (AvgIpc) is 3.20. The molecule has 0 aliphatic rings. The van der Waals surface area contributed by atoms with Crippen molar-refractivity contribution >= 4 is 22.4 Å². The Morgan fingerprint density at radius 1 is 1.00 bits per heavy atom. The van der Waals surface area contributed by atoms with Crippen molar-refractivity contribution in [3.63, 3.8) is 0 Å². The minimum Gasteiger partial charge on any atom is -0.493 e. The second-order valence-corrected chi connectivity index (χ2v) is 6.84. The fraction of sp³-hybridized carbons (Fsp3) is 0.250. The summed E-state index contributed by atoms with van der Waals surface area (Å²) in [4.78, 5) is 12.6. The molecule has 152 valence electrons. The van der Waals surface area contributed by atoms with Crippen molar-refractivity contribution < 1.29 is 23.7 Å². The van der Waals surface area contributed by atoms with E-state index >= 15 is 0 Å². The van der Waals surface area contributed by atoms with E-state index in [-0.39, 0.29) is 5.91 Å². The van der Waals surface area contributed by atoms with Gasteiger partial charge in [-0.25, -0.2) is 0 Å². The van der Waals surface area contributed by atoms with Gasteiger partial charge in [-0.05, 0) is 24.3 Å². The molecule has 1 aromatic heterocycles. The lowest BCUT2D eigenvalue weighted by molar-refractivity contribution is 0.102. The molecule has 0 aliphatic carbocycles. The first-order chi connectivity index (χ1) is 14.1. The Kier molecular flexibility index (Phi) is 6.85. The molecule has 1 heterocycles. The second-order valence-electron chi connectivity index (χ2n) is 5.78. The van der Waals surface area contributed by atoms with Gasteiger partial charge in [0.15, 0.2) is 11.5 Å². The first-order valence-corrected chi connectivity index (χ1v) is 9.57. The summed E-state index contributed by atoms with van der Waals surface area (Å²) in [7, 11) is 4.49. The smallest absolute Gasteiger partial charge is 0.257 e. The number of ether oxygens (including phenoxy) is 4. The number of hydrogen-bond donors (Lipinski definition) is 1. The van der Waals surface area contributed by atoms with E-state index in [0.29, 0.717) is 41.0 Å². The number of methoxy groups -OCH3 is 3. The number of nitrogens with zero attached hydrogens (tertiary/aromatic N) is 2. The highest BCUT2D eigenvalue weighted by Gasteiger charge is 2.18. The van der Waals surface area contributed by atoms with Crippen LogP contribution in [0.1, 0.15) is 15.4 Å². The van der Waals surface area contributed by atoms with Gasteiger partial charge < -0.3 is 18.9 Å². The maximum atomic E-state index is 12.6. The Balaban J connectivity index is 1.62. The molecule has 3 aromatic rings. The van der Waals surface area contributed by atoms with E-state index in [0.717, 1.165) is 10.8 Å². The summed E-state index contributed by atoms with van der Waals surface area (Å²) in [6.45, 7) is 0.472. The Morgan fingerprint density at radius 2 is 1.69 bits per heavy atom. The number of anilines is 1. The van der Waals surface area contributed by atoms with Crippen molar-refractivity contribution in [2.75, 3.05) is 33.3 Å². The lowest BCUT2D eigenvalue weighted by Crippen LogP contribution is -2.12. The fourth-order valence-electron chi connectivity index (χ4n) is 2.56. The van der Waals surface area contributed by atoms with Crippen molar-refractivity contribution in [2.45, 2.75) is 6.42 Å². The monoisotopic (exact) mass is 415 g/mol. The van der Waals surface area contributed by atoms with Gasteiger partial charge in [0.2, 0.25) is 10.9 Å². The molecular formula is C20H21N3O5S. The molecule has 9 heteroatoms. The highest BCUT2D eigenvalue weighted by Crippen LogP contribution is 2.38. The molecule has 1 amide bonds. The van der Waals surface area contributed by atoms with E-state index in [1.54, 1.807) is 12.1 Å². The number of amides is 1. The van der Waals surface area contributed by atoms with Gasteiger partial charge in [0.05, 0.1) is 27.9 Å². The van der Waals surface area contributed by atoms with Crippen LogP contribution in [0.5, 0.6) is 23.0 Å².